The number of amides is 1. The zero-order chi connectivity index (χ0) is 16.8. The highest BCUT2D eigenvalue weighted by Crippen LogP contribution is 2.26. The predicted octanol–water partition coefficient (Wildman–Crippen LogP) is 3.01. The average Bonchev–Trinajstić information content (AvgIpc) is 2.59. The van der Waals surface area contributed by atoms with E-state index in [1.165, 1.54) is 13.2 Å². The van der Waals surface area contributed by atoms with E-state index in [9.17, 15) is 9.90 Å². The van der Waals surface area contributed by atoms with E-state index in [2.05, 4.69) is 5.32 Å². The number of phenols is 1. The molecule has 2 aromatic carbocycles. The molecule has 122 valence electrons. The highest BCUT2D eigenvalue weighted by Gasteiger charge is 2.17. The zero-order valence-corrected chi connectivity index (χ0v) is 13.6. The first-order valence-corrected chi connectivity index (χ1v) is 7.40. The normalized spacial score (nSPS) is 11.6. The van der Waals surface area contributed by atoms with Gasteiger partial charge >= 0.3 is 0 Å². The minimum absolute atomic E-state index is 0.0248. The van der Waals surface area contributed by atoms with Crippen LogP contribution in [0.5, 0.6) is 17.2 Å². The summed E-state index contributed by atoms with van der Waals surface area (Å²) in [7, 11) is 3.05. The molecule has 2 N–H and O–H groups in total. The summed E-state index contributed by atoms with van der Waals surface area (Å²) in [5.74, 6) is 0.796. The van der Waals surface area contributed by atoms with Gasteiger partial charge in [0.15, 0.2) is 11.5 Å². The number of alkyl halides is 1. The molecule has 0 aliphatic carbocycles. The second-order valence-corrected chi connectivity index (χ2v) is 5.30. The molecule has 0 saturated heterocycles. The van der Waals surface area contributed by atoms with Gasteiger partial charge in [0.2, 0.25) is 5.91 Å². The Hall–Kier alpha value is -2.40. The number of hydrogen-bond acceptors (Lipinski definition) is 4. The smallest absolute Gasteiger partial charge is 0.242 e. The number of carbonyl (C=O) groups is 1. The van der Waals surface area contributed by atoms with E-state index < -0.39 is 5.38 Å². The molecule has 0 aliphatic heterocycles. The molecule has 0 saturated carbocycles. The summed E-state index contributed by atoms with van der Waals surface area (Å²) >= 11 is 6.18. The van der Waals surface area contributed by atoms with Crippen LogP contribution < -0.4 is 14.8 Å². The average molecular weight is 336 g/mol. The third-order valence-electron chi connectivity index (χ3n) is 3.35. The Morgan fingerprint density at radius 1 is 1.17 bits per heavy atom. The summed E-state index contributed by atoms with van der Waals surface area (Å²) in [5.41, 5.74) is 1.43. The van der Waals surface area contributed by atoms with E-state index in [1.54, 1.807) is 43.5 Å². The van der Waals surface area contributed by atoms with Gasteiger partial charge < -0.3 is 19.9 Å². The Kier molecular flexibility index (Phi) is 5.71. The fourth-order valence-electron chi connectivity index (χ4n) is 2.05. The summed E-state index contributed by atoms with van der Waals surface area (Å²) in [6.45, 7) is 0.260. The van der Waals surface area contributed by atoms with E-state index in [-0.39, 0.29) is 18.2 Å². The minimum atomic E-state index is -0.798. The number of rotatable bonds is 6. The van der Waals surface area contributed by atoms with Gasteiger partial charge in [-0.15, -0.1) is 11.6 Å². The first kappa shape index (κ1) is 17.0. The Bertz CT molecular complexity index is 673. The minimum Gasteiger partial charge on any atom is -0.504 e. The number of benzene rings is 2. The predicted molar refractivity (Wildman–Crippen MR) is 88.1 cm³/mol. The molecule has 0 heterocycles. The van der Waals surface area contributed by atoms with Crippen molar-refractivity contribution in [2.75, 3.05) is 14.2 Å². The van der Waals surface area contributed by atoms with Crippen LogP contribution in [0.2, 0.25) is 0 Å². The molecule has 1 atom stereocenters. The van der Waals surface area contributed by atoms with Crippen molar-refractivity contribution in [3.05, 3.63) is 53.6 Å². The van der Waals surface area contributed by atoms with Crippen molar-refractivity contribution in [3.8, 4) is 17.2 Å². The molecule has 1 amide bonds. The van der Waals surface area contributed by atoms with Gasteiger partial charge in [0.25, 0.3) is 0 Å². The SMILES string of the molecule is COc1ccc(C(Cl)C(=O)NCc2ccc(OC)c(O)c2)cc1. The van der Waals surface area contributed by atoms with Crippen molar-refractivity contribution in [3.63, 3.8) is 0 Å². The number of nitrogens with one attached hydrogen (secondary N) is 1. The molecule has 6 heteroatoms. The summed E-state index contributed by atoms with van der Waals surface area (Å²) in [6.07, 6.45) is 0. The van der Waals surface area contributed by atoms with E-state index in [4.69, 9.17) is 21.1 Å². The molecule has 0 aliphatic rings. The van der Waals surface area contributed by atoms with Gasteiger partial charge in [0, 0.05) is 6.54 Å². The third-order valence-corrected chi connectivity index (χ3v) is 3.80. The van der Waals surface area contributed by atoms with Crippen molar-refractivity contribution < 1.29 is 19.4 Å². The van der Waals surface area contributed by atoms with Crippen LogP contribution >= 0.6 is 11.6 Å². The Morgan fingerprint density at radius 3 is 2.43 bits per heavy atom. The number of methoxy groups -OCH3 is 2. The van der Waals surface area contributed by atoms with Gasteiger partial charge in [0.05, 0.1) is 14.2 Å². The molecule has 1 unspecified atom stereocenters. The zero-order valence-electron chi connectivity index (χ0n) is 12.9. The van der Waals surface area contributed by atoms with Gasteiger partial charge in [-0.3, -0.25) is 4.79 Å². The highest BCUT2D eigenvalue weighted by molar-refractivity contribution is 6.30. The number of ether oxygens (including phenoxy) is 2. The molecule has 23 heavy (non-hydrogen) atoms. The molecule has 0 aromatic heterocycles. The highest BCUT2D eigenvalue weighted by atomic mass is 35.5. The molecule has 0 radical (unpaired) electrons. The topological polar surface area (TPSA) is 67.8 Å². The van der Waals surface area contributed by atoms with Crippen LogP contribution in [0.4, 0.5) is 0 Å². The van der Waals surface area contributed by atoms with Crippen LogP contribution in [-0.2, 0) is 11.3 Å². The summed E-state index contributed by atoms with van der Waals surface area (Å²) in [5, 5.41) is 11.7. The van der Waals surface area contributed by atoms with E-state index in [1.807, 2.05) is 0 Å². The standard InChI is InChI=1S/C17H18ClNO4/c1-22-13-6-4-12(5-7-13)16(18)17(21)19-10-11-3-8-15(23-2)14(20)9-11/h3-9,16,20H,10H2,1-2H3,(H,19,21). The summed E-state index contributed by atoms with van der Waals surface area (Å²) in [4.78, 5) is 12.1. The first-order chi connectivity index (χ1) is 11.0. The summed E-state index contributed by atoms with van der Waals surface area (Å²) in [6, 6.07) is 11.9. The molecule has 2 rings (SSSR count). The lowest BCUT2D eigenvalue weighted by atomic mass is 10.1. The van der Waals surface area contributed by atoms with Gasteiger partial charge in [-0.05, 0) is 35.4 Å². The number of halogens is 1. The van der Waals surface area contributed by atoms with Gasteiger partial charge in [-0.1, -0.05) is 18.2 Å². The van der Waals surface area contributed by atoms with Crippen LogP contribution in [0.3, 0.4) is 0 Å². The van der Waals surface area contributed by atoms with Crippen molar-refractivity contribution in [1.29, 1.82) is 0 Å². The Balaban J connectivity index is 1.96. The number of carbonyl (C=O) groups excluding carboxylic acids is 1. The molecular formula is C17H18ClNO4. The van der Waals surface area contributed by atoms with E-state index in [0.29, 0.717) is 17.1 Å². The maximum Gasteiger partial charge on any atom is 0.242 e. The molecule has 5 nitrogen and oxygen atoms in total. The van der Waals surface area contributed by atoms with Gasteiger partial charge in [-0.25, -0.2) is 0 Å². The molecular weight excluding hydrogens is 318 g/mol. The lowest BCUT2D eigenvalue weighted by Gasteiger charge is -2.12. The van der Waals surface area contributed by atoms with Crippen molar-refractivity contribution >= 4 is 17.5 Å². The lowest BCUT2D eigenvalue weighted by Crippen LogP contribution is -2.26. The van der Waals surface area contributed by atoms with Crippen molar-refractivity contribution in [2.24, 2.45) is 0 Å². The monoisotopic (exact) mass is 335 g/mol. The third kappa shape index (κ3) is 4.29. The summed E-state index contributed by atoms with van der Waals surface area (Å²) < 4.78 is 10.0. The number of phenolic OH excluding ortho intramolecular Hbond substituents is 1. The molecule has 0 bridgehead atoms. The van der Waals surface area contributed by atoms with Gasteiger partial charge in [-0.2, -0.15) is 0 Å². The van der Waals surface area contributed by atoms with Gasteiger partial charge in [0.1, 0.15) is 11.1 Å². The van der Waals surface area contributed by atoms with Crippen molar-refractivity contribution in [2.45, 2.75) is 11.9 Å². The van der Waals surface area contributed by atoms with Crippen LogP contribution in [0.15, 0.2) is 42.5 Å². The second kappa shape index (κ2) is 7.74. The number of hydrogen-bond donors (Lipinski definition) is 2. The van der Waals surface area contributed by atoms with Crippen LogP contribution in [-0.4, -0.2) is 25.2 Å². The Morgan fingerprint density at radius 2 is 1.87 bits per heavy atom. The maximum atomic E-state index is 12.1. The first-order valence-electron chi connectivity index (χ1n) is 6.96. The Labute approximate surface area is 139 Å². The van der Waals surface area contributed by atoms with E-state index in [0.717, 1.165) is 5.56 Å². The lowest BCUT2D eigenvalue weighted by molar-refractivity contribution is -0.121. The maximum absolute atomic E-state index is 12.1. The largest absolute Gasteiger partial charge is 0.504 e. The number of aromatic hydroxyl groups is 1. The fraction of sp³-hybridized carbons (Fsp3) is 0.235. The van der Waals surface area contributed by atoms with Crippen LogP contribution in [0, 0.1) is 0 Å². The molecule has 0 fully saturated rings. The fourth-order valence-corrected chi connectivity index (χ4v) is 2.27. The van der Waals surface area contributed by atoms with Crippen LogP contribution in [0.1, 0.15) is 16.5 Å². The van der Waals surface area contributed by atoms with Crippen molar-refractivity contribution in [1.82, 2.24) is 5.32 Å². The van der Waals surface area contributed by atoms with Crippen LogP contribution in [0.25, 0.3) is 0 Å². The van der Waals surface area contributed by atoms with E-state index >= 15 is 0 Å². The molecule has 0 spiro atoms. The quantitative estimate of drug-likeness (QED) is 0.796. The molecule has 2 aromatic rings. The second-order valence-electron chi connectivity index (χ2n) is 4.86.